The number of fused-ring (bicyclic) bond motifs is 1. The van der Waals surface area contributed by atoms with E-state index in [0.717, 1.165) is 53.0 Å². The zero-order chi connectivity index (χ0) is 25.1. The number of methoxy groups -OCH3 is 1. The van der Waals surface area contributed by atoms with Crippen LogP contribution in [0.1, 0.15) is 36.0 Å². The third-order valence-corrected chi connectivity index (χ3v) is 7.29. The number of aryl methyl sites for hydroxylation is 1. The fourth-order valence-electron chi connectivity index (χ4n) is 5.26. The molecular weight excluding hydrogens is 453 g/mol. The Hall–Kier alpha value is -3.80. The molecule has 5 nitrogen and oxygen atoms in total. The first-order valence-corrected chi connectivity index (χ1v) is 12.6. The predicted octanol–water partition coefficient (Wildman–Crippen LogP) is 5.75. The number of ether oxygens (including phenoxy) is 1. The number of hydrogen-bond acceptors (Lipinski definition) is 3. The Bertz CT molecular complexity index is 1340. The highest BCUT2D eigenvalue weighted by molar-refractivity contribution is 5.88. The van der Waals surface area contributed by atoms with E-state index in [9.17, 15) is 9.18 Å². The van der Waals surface area contributed by atoms with Crippen molar-refractivity contribution in [2.75, 3.05) is 38.2 Å². The van der Waals surface area contributed by atoms with Gasteiger partial charge in [0.25, 0.3) is 0 Å². The van der Waals surface area contributed by atoms with Gasteiger partial charge < -0.3 is 19.5 Å². The number of carbonyl (C=O) groups excluding carboxylic acids is 1. The van der Waals surface area contributed by atoms with E-state index in [4.69, 9.17) is 4.74 Å². The number of rotatable bonds is 7. The molecule has 6 heteroatoms. The molecule has 1 amide bonds. The van der Waals surface area contributed by atoms with Crippen LogP contribution in [0.5, 0.6) is 5.75 Å². The van der Waals surface area contributed by atoms with Crippen molar-refractivity contribution in [2.45, 2.75) is 25.7 Å². The van der Waals surface area contributed by atoms with E-state index in [2.05, 4.69) is 47.1 Å². The maximum Gasteiger partial charge on any atom is 0.223 e. The minimum Gasteiger partial charge on any atom is -0.497 e. The van der Waals surface area contributed by atoms with Crippen LogP contribution in [-0.4, -0.2) is 49.1 Å². The monoisotopic (exact) mass is 485 g/mol. The molecule has 3 aromatic carbocycles. The number of benzene rings is 3. The lowest BCUT2D eigenvalue weighted by Crippen LogP contribution is -2.49. The molecule has 4 aromatic rings. The van der Waals surface area contributed by atoms with Gasteiger partial charge in [-0.1, -0.05) is 37.3 Å². The van der Waals surface area contributed by atoms with Crippen LogP contribution in [0, 0.1) is 5.82 Å². The number of H-pyrrole nitrogens is 1. The third kappa shape index (κ3) is 4.81. The molecule has 1 aliphatic rings. The summed E-state index contributed by atoms with van der Waals surface area (Å²) in [6, 6.07) is 20.9. The molecule has 0 spiro atoms. The molecule has 0 radical (unpaired) electrons. The van der Waals surface area contributed by atoms with Crippen molar-refractivity contribution < 1.29 is 13.9 Å². The first kappa shape index (κ1) is 23.9. The van der Waals surface area contributed by atoms with Gasteiger partial charge in [0.1, 0.15) is 11.6 Å². The lowest BCUT2D eigenvalue weighted by molar-refractivity contribution is -0.131. The van der Waals surface area contributed by atoms with Crippen molar-refractivity contribution >= 4 is 22.5 Å². The second-order valence-electron chi connectivity index (χ2n) is 9.31. The minimum atomic E-state index is -0.285. The van der Waals surface area contributed by atoms with Gasteiger partial charge in [-0.15, -0.1) is 0 Å². The summed E-state index contributed by atoms with van der Waals surface area (Å²) in [5.41, 5.74) is 5.32. The molecule has 1 fully saturated rings. The molecule has 36 heavy (non-hydrogen) atoms. The van der Waals surface area contributed by atoms with Gasteiger partial charge in [0.15, 0.2) is 0 Å². The molecule has 1 atom stereocenters. The SMILES string of the molecule is CCc1cccc2c(C(CC(=O)N3CCN(c4ccc(OC)cc4)CC3)c3cccc(F)c3)c[nH]c12. The highest BCUT2D eigenvalue weighted by Crippen LogP contribution is 2.35. The van der Waals surface area contributed by atoms with E-state index >= 15 is 0 Å². The fourth-order valence-corrected chi connectivity index (χ4v) is 5.26. The van der Waals surface area contributed by atoms with E-state index in [1.54, 1.807) is 19.2 Å². The van der Waals surface area contributed by atoms with Crippen LogP contribution < -0.4 is 9.64 Å². The number of amides is 1. The molecule has 1 aromatic heterocycles. The van der Waals surface area contributed by atoms with Gasteiger partial charge in [0, 0.05) is 61.3 Å². The van der Waals surface area contributed by atoms with E-state index in [0.29, 0.717) is 19.5 Å². The van der Waals surface area contributed by atoms with Gasteiger partial charge in [-0.05, 0) is 59.5 Å². The van der Waals surface area contributed by atoms with Gasteiger partial charge in [0.05, 0.1) is 7.11 Å². The number of halogens is 1. The summed E-state index contributed by atoms with van der Waals surface area (Å²) in [6.07, 6.45) is 3.21. The predicted molar refractivity (Wildman–Crippen MR) is 142 cm³/mol. The Labute approximate surface area is 211 Å². The largest absolute Gasteiger partial charge is 0.497 e. The first-order chi connectivity index (χ1) is 17.6. The fraction of sp³-hybridized carbons (Fsp3) is 0.300. The van der Waals surface area contributed by atoms with Gasteiger partial charge in [-0.25, -0.2) is 4.39 Å². The maximum absolute atomic E-state index is 14.2. The number of hydrogen-bond donors (Lipinski definition) is 1. The van der Waals surface area contributed by atoms with E-state index in [1.165, 1.54) is 11.6 Å². The number of anilines is 1. The van der Waals surface area contributed by atoms with Gasteiger partial charge >= 0.3 is 0 Å². The summed E-state index contributed by atoms with van der Waals surface area (Å²) in [6.45, 7) is 5.00. The number of nitrogens with zero attached hydrogens (tertiary/aromatic N) is 2. The Balaban J connectivity index is 1.36. The van der Waals surface area contributed by atoms with Crippen LogP contribution in [0.3, 0.4) is 0 Å². The molecule has 1 unspecified atom stereocenters. The summed E-state index contributed by atoms with van der Waals surface area (Å²) in [4.78, 5) is 21.2. The molecular formula is C30H32FN3O2. The number of aromatic nitrogens is 1. The molecule has 2 heterocycles. The first-order valence-electron chi connectivity index (χ1n) is 12.6. The number of para-hydroxylation sites is 1. The lowest BCUT2D eigenvalue weighted by atomic mass is 9.87. The van der Waals surface area contributed by atoms with Crippen molar-refractivity contribution in [2.24, 2.45) is 0 Å². The summed E-state index contributed by atoms with van der Waals surface area (Å²) in [5, 5.41) is 1.10. The smallest absolute Gasteiger partial charge is 0.223 e. The Morgan fingerprint density at radius 2 is 1.78 bits per heavy atom. The quantitative estimate of drug-likeness (QED) is 0.363. The van der Waals surface area contributed by atoms with E-state index in [-0.39, 0.29) is 17.6 Å². The van der Waals surface area contributed by atoms with Gasteiger partial charge in [-0.2, -0.15) is 0 Å². The van der Waals surface area contributed by atoms with E-state index < -0.39 is 0 Å². The van der Waals surface area contributed by atoms with Crippen LogP contribution in [0.25, 0.3) is 10.9 Å². The van der Waals surface area contributed by atoms with Crippen LogP contribution >= 0.6 is 0 Å². The van der Waals surface area contributed by atoms with Crippen LogP contribution in [-0.2, 0) is 11.2 Å². The highest BCUT2D eigenvalue weighted by Gasteiger charge is 2.27. The number of carbonyl (C=O) groups is 1. The summed E-state index contributed by atoms with van der Waals surface area (Å²) in [5.74, 6) is 0.416. The Kier molecular flexibility index (Phi) is 6.94. The molecule has 5 rings (SSSR count). The Morgan fingerprint density at radius 3 is 2.47 bits per heavy atom. The molecule has 0 aliphatic carbocycles. The Morgan fingerprint density at radius 1 is 1.03 bits per heavy atom. The van der Waals surface area contributed by atoms with Crippen molar-refractivity contribution in [3.8, 4) is 5.75 Å². The third-order valence-electron chi connectivity index (χ3n) is 7.29. The minimum absolute atomic E-state index is 0.0969. The highest BCUT2D eigenvalue weighted by atomic mass is 19.1. The van der Waals surface area contributed by atoms with Crippen LogP contribution in [0.4, 0.5) is 10.1 Å². The van der Waals surface area contributed by atoms with E-state index in [1.807, 2.05) is 29.3 Å². The van der Waals surface area contributed by atoms with Crippen molar-refractivity contribution in [3.63, 3.8) is 0 Å². The summed E-state index contributed by atoms with van der Waals surface area (Å²) >= 11 is 0. The average Bonchev–Trinajstić information content (AvgIpc) is 3.36. The maximum atomic E-state index is 14.2. The molecule has 1 N–H and O–H groups in total. The molecule has 0 bridgehead atoms. The van der Waals surface area contributed by atoms with Gasteiger partial charge in [0.2, 0.25) is 5.91 Å². The van der Waals surface area contributed by atoms with Crippen LogP contribution in [0.2, 0.25) is 0 Å². The molecule has 0 saturated carbocycles. The average molecular weight is 486 g/mol. The van der Waals surface area contributed by atoms with Gasteiger partial charge in [-0.3, -0.25) is 4.79 Å². The number of aromatic amines is 1. The van der Waals surface area contributed by atoms with Crippen molar-refractivity contribution in [3.05, 3.63) is 95.4 Å². The standard InChI is InChI=1S/C30H32FN3O2/c1-3-21-6-5-9-26-28(20-32-30(21)26)27(22-7-4-8-23(31)18-22)19-29(35)34-16-14-33(15-17-34)24-10-12-25(36-2)13-11-24/h4-13,18,20,27,32H,3,14-17,19H2,1-2H3. The topological polar surface area (TPSA) is 48.6 Å². The number of piperazine rings is 1. The zero-order valence-electron chi connectivity index (χ0n) is 20.8. The number of nitrogens with one attached hydrogen (secondary N) is 1. The van der Waals surface area contributed by atoms with Crippen LogP contribution in [0.15, 0.2) is 72.9 Å². The lowest BCUT2D eigenvalue weighted by Gasteiger charge is -2.36. The summed E-state index contributed by atoms with van der Waals surface area (Å²) in [7, 11) is 1.66. The molecule has 1 aliphatic heterocycles. The molecule has 1 saturated heterocycles. The van der Waals surface area contributed by atoms with Crippen molar-refractivity contribution in [1.82, 2.24) is 9.88 Å². The summed E-state index contributed by atoms with van der Waals surface area (Å²) < 4.78 is 19.5. The second-order valence-corrected chi connectivity index (χ2v) is 9.31. The zero-order valence-corrected chi connectivity index (χ0v) is 20.8. The molecule has 186 valence electrons. The second kappa shape index (κ2) is 10.4. The van der Waals surface area contributed by atoms with Crippen molar-refractivity contribution in [1.29, 1.82) is 0 Å². The normalized spacial score (nSPS) is 14.8.